The molecule has 1 N–H and O–H groups in total. The van der Waals surface area contributed by atoms with E-state index in [0.717, 1.165) is 24.8 Å². The molecule has 1 aliphatic carbocycles. The Balaban J connectivity index is 1.68. The molecule has 0 aromatic heterocycles. The molecule has 8 nitrogen and oxygen atoms in total. The molecule has 0 bridgehead atoms. The number of amides is 1. The van der Waals surface area contributed by atoms with E-state index in [1.165, 1.54) is 11.2 Å². The Bertz CT molecular complexity index is 950. The molecule has 30 heavy (non-hydrogen) atoms. The first-order valence-electron chi connectivity index (χ1n) is 10.3. The molecule has 2 aliphatic rings. The highest BCUT2D eigenvalue weighted by Crippen LogP contribution is 2.32. The van der Waals surface area contributed by atoms with Crippen LogP contribution in [0.15, 0.2) is 18.2 Å². The summed E-state index contributed by atoms with van der Waals surface area (Å²) in [6.45, 7) is 2.90. The zero-order valence-electron chi connectivity index (χ0n) is 17.4. The smallest absolute Gasteiger partial charge is 0.332 e. The third kappa shape index (κ3) is 4.50. The highest BCUT2D eigenvalue weighted by molar-refractivity contribution is 7.92. The number of carbonyl (C=O) groups is 3. The SMILES string of the molecule is CCS(=O)(=O)N1CCc2cc(C(=O)COC(=O)C3(NC(C)=O)CCCCC3)ccc21. The van der Waals surface area contributed by atoms with Gasteiger partial charge in [0, 0.05) is 19.0 Å². The van der Waals surface area contributed by atoms with Gasteiger partial charge in [-0.05, 0) is 49.9 Å². The lowest BCUT2D eigenvalue weighted by atomic mass is 9.81. The third-order valence-corrected chi connectivity index (χ3v) is 7.58. The van der Waals surface area contributed by atoms with Gasteiger partial charge in [0.25, 0.3) is 0 Å². The Kier molecular flexibility index (Phi) is 6.50. The maximum atomic E-state index is 12.7. The van der Waals surface area contributed by atoms with Crippen molar-refractivity contribution in [3.05, 3.63) is 29.3 Å². The van der Waals surface area contributed by atoms with Crippen molar-refractivity contribution in [3.8, 4) is 0 Å². The summed E-state index contributed by atoms with van der Waals surface area (Å²) in [6.07, 6.45) is 4.14. The van der Waals surface area contributed by atoms with Crippen molar-refractivity contribution in [1.82, 2.24) is 5.32 Å². The summed E-state index contributed by atoms with van der Waals surface area (Å²) in [5, 5.41) is 2.73. The van der Waals surface area contributed by atoms with Crippen molar-refractivity contribution in [2.75, 3.05) is 23.2 Å². The second kappa shape index (κ2) is 8.75. The molecule has 1 saturated carbocycles. The largest absolute Gasteiger partial charge is 0.456 e. The van der Waals surface area contributed by atoms with Crippen LogP contribution in [0.1, 0.15) is 61.9 Å². The van der Waals surface area contributed by atoms with Gasteiger partial charge in [0.05, 0.1) is 11.4 Å². The number of rotatable bonds is 7. The van der Waals surface area contributed by atoms with Crippen molar-refractivity contribution in [2.45, 2.75) is 57.9 Å². The molecular weight excluding hydrogens is 408 g/mol. The van der Waals surface area contributed by atoms with Gasteiger partial charge in [-0.3, -0.25) is 13.9 Å². The highest BCUT2D eigenvalue weighted by Gasteiger charge is 2.42. The van der Waals surface area contributed by atoms with Crippen LogP contribution in [0.4, 0.5) is 5.69 Å². The van der Waals surface area contributed by atoms with Crippen molar-refractivity contribution in [2.24, 2.45) is 0 Å². The molecule has 1 aromatic carbocycles. The van der Waals surface area contributed by atoms with Gasteiger partial charge < -0.3 is 10.1 Å². The number of anilines is 1. The van der Waals surface area contributed by atoms with Gasteiger partial charge in [-0.1, -0.05) is 19.3 Å². The molecular formula is C21H28N2O6S. The van der Waals surface area contributed by atoms with Crippen LogP contribution < -0.4 is 9.62 Å². The lowest BCUT2D eigenvalue weighted by molar-refractivity contribution is -0.154. The van der Waals surface area contributed by atoms with E-state index < -0.39 is 28.1 Å². The number of ketones is 1. The molecule has 1 heterocycles. The van der Waals surface area contributed by atoms with Crippen molar-refractivity contribution in [1.29, 1.82) is 0 Å². The summed E-state index contributed by atoms with van der Waals surface area (Å²) in [6, 6.07) is 4.86. The van der Waals surface area contributed by atoms with E-state index in [-0.39, 0.29) is 17.4 Å². The van der Waals surface area contributed by atoms with Crippen LogP contribution in [0.2, 0.25) is 0 Å². The highest BCUT2D eigenvalue weighted by atomic mass is 32.2. The Hall–Kier alpha value is -2.42. The number of benzene rings is 1. The summed E-state index contributed by atoms with van der Waals surface area (Å²) in [7, 11) is -3.35. The van der Waals surface area contributed by atoms with Gasteiger partial charge in [0.1, 0.15) is 5.54 Å². The van der Waals surface area contributed by atoms with Crippen LogP contribution in [0.25, 0.3) is 0 Å². The minimum Gasteiger partial charge on any atom is -0.456 e. The monoisotopic (exact) mass is 436 g/mol. The Morgan fingerprint density at radius 1 is 1.17 bits per heavy atom. The topological polar surface area (TPSA) is 110 Å². The number of nitrogens with zero attached hydrogens (tertiary/aromatic N) is 1. The molecule has 0 spiro atoms. The van der Waals surface area contributed by atoms with Crippen LogP contribution >= 0.6 is 0 Å². The molecule has 1 aliphatic heterocycles. The van der Waals surface area contributed by atoms with E-state index >= 15 is 0 Å². The summed E-state index contributed by atoms with van der Waals surface area (Å²) in [5.41, 5.74) is 0.690. The molecule has 1 amide bonds. The number of esters is 1. The molecule has 0 unspecified atom stereocenters. The van der Waals surface area contributed by atoms with Gasteiger partial charge in [-0.15, -0.1) is 0 Å². The fourth-order valence-electron chi connectivity index (χ4n) is 4.21. The van der Waals surface area contributed by atoms with Crippen LogP contribution in [0.5, 0.6) is 0 Å². The predicted octanol–water partition coefficient (Wildman–Crippen LogP) is 1.96. The van der Waals surface area contributed by atoms with Crippen LogP contribution in [0, 0.1) is 0 Å². The minimum absolute atomic E-state index is 0.0130. The maximum absolute atomic E-state index is 12.7. The van der Waals surface area contributed by atoms with E-state index in [1.807, 2.05) is 0 Å². The number of fused-ring (bicyclic) bond motifs is 1. The van der Waals surface area contributed by atoms with Crippen LogP contribution in [0.3, 0.4) is 0 Å². The summed E-state index contributed by atoms with van der Waals surface area (Å²) >= 11 is 0. The second-order valence-electron chi connectivity index (χ2n) is 7.89. The van der Waals surface area contributed by atoms with Gasteiger partial charge in [0.2, 0.25) is 15.9 Å². The van der Waals surface area contributed by atoms with Crippen LogP contribution in [-0.4, -0.2) is 50.5 Å². The lowest BCUT2D eigenvalue weighted by Gasteiger charge is -2.35. The average Bonchev–Trinajstić information content (AvgIpc) is 3.16. The number of ether oxygens (including phenoxy) is 1. The van der Waals surface area contributed by atoms with Gasteiger partial charge in [-0.2, -0.15) is 0 Å². The normalized spacial score (nSPS) is 17.9. The van der Waals surface area contributed by atoms with E-state index in [9.17, 15) is 22.8 Å². The Morgan fingerprint density at radius 2 is 1.87 bits per heavy atom. The Morgan fingerprint density at radius 3 is 2.50 bits per heavy atom. The van der Waals surface area contributed by atoms with Gasteiger partial charge >= 0.3 is 5.97 Å². The molecule has 0 atom stereocenters. The zero-order valence-corrected chi connectivity index (χ0v) is 18.2. The number of nitrogens with one attached hydrogen (secondary N) is 1. The second-order valence-corrected chi connectivity index (χ2v) is 10.1. The first-order valence-corrected chi connectivity index (χ1v) is 11.9. The van der Waals surface area contributed by atoms with Crippen molar-refractivity contribution >= 4 is 33.4 Å². The van der Waals surface area contributed by atoms with E-state index in [4.69, 9.17) is 4.74 Å². The molecule has 1 fully saturated rings. The summed E-state index contributed by atoms with van der Waals surface area (Å²) in [5.74, 6) is -1.23. The molecule has 1 aromatic rings. The molecule has 0 saturated heterocycles. The zero-order chi connectivity index (χ0) is 21.9. The number of sulfonamides is 1. The fourth-order valence-corrected chi connectivity index (χ4v) is 5.37. The van der Waals surface area contributed by atoms with Crippen LogP contribution in [-0.2, 0) is 30.8 Å². The number of hydrogen-bond donors (Lipinski definition) is 1. The van der Waals surface area contributed by atoms with Crippen molar-refractivity contribution < 1.29 is 27.5 Å². The predicted molar refractivity (Wildman–Crippen MR) is 112 cm³/mol. The molecule has 9 heteroatoms. The summed E-state index contributed by atoms with van der Waals surface area (Å²) in [4.78, 5) is 36.9. The minimum atomic E-state index is -3.35. The fraction of sp³-hybridized carbons (Fsp3) is 0.571. The van der Waals surface area contributed by atoms with E-state index in [1.54, 1.807) is 25.1 Å². The first kappa shape index (κ1) is 22.3. The Labute approximate surface area is 177 Å². The maximum Gasteiger partial charge on any atom is 0.332 e. The average molecular weight is 437 g/mol. The van der Waals surface area contributed by atoms with E-state index in [2.05, 4.69) is 5.32 Å². The number of Topliss-reactive ketones (excluding diaryl/α,β-unsaturated/α-hetero) is 1. The summed E-state index contributed by atoms with van der Waals surface area (Å²) < 4.78 is 31.1. The number of hydrogen-bond acceptors (Lipinski definition) is 6. The standard InChI is InChI=1S/C21H28N2O6S/c1-3-30(27,28)23-12-9-16-13-17(7-8-18(16)23)19(25)14-29-20(26)21(22-15(2)24)10-5-4-6-11-21/h7-8,13H,3-6,9-12,14H2,1-2H3,(H,22,24). The van der Waals surface area contributed by atoms with Gasteiger partial charge in [-0.25, -0.2) is 13.2 Å². The molecule has 3 rings (SSSR count). The third-order valence-electron chi connectivity index (χ3n) is 5.80. The lowest BCUT2D eigenvalue weighted by Crippen LogP contribution is -2.56. The number of carbonyl (C=O) groups excluding carboxylic acids is 3. The van der Waals surface area contributed by atoms with Gasteiger partial charge in [0.15, 0.2) is 12.4 Å². The first-order chi connectivity index (χ1) is 14.2. The van der Waals surface area contributed by atoms with Crippen molar-refractivity contribution in [3.63, 3.8) is 0 Å². The molecule has 164 valence electrons. The quantitative estimate of drug-likeness (QED) is 0.517. The van der Waals surface area contributed by atoms with E-state index in [0.29, 0.717) is 37.1 Å². The molecule has 0 radical (unpaired) electrons.